The minimum atomic E-state index is -2.73. The lowest BCUT2D eigenvalue weighted by atomic mass is 9.93. The van der Waals surface area contributed by atoms with Crippen molar-refractivity contribution in [2.75, 3.05) is 26.4 Å². The Labute approximate surface area is 162 Å². The van der Waals surface area contributed by atoms with Crippen LogP contribution >= 0.6 is 16.5 Å². The average molecular weight is 428 g/mol. The molecule has 2 aliphatic rings. The predicted molar refractivity (Wildman–Crippen MR) is 102 cm³/mol. The summed E-state index contributed by atoms with van der Waals surface area (Å²) in [5.41, 5.74) is -1.20. The summed E-state index contributed by atoms with van der Waals surface area (Å²) >= 11 is 0. The number of rotatable bonds is 12. The number of hydrogen-bond acceptors (Lipinski definition) is 8. The van der Waals surface area contributed by atoms with E-state index >= 15 is 0 Å². The van der Waals surface area contributed by atoms with E-state index < -0.39 is 35.1 Å². The fraction of sp³-hybridized carbons (Fsp3) is 1.00. The topological polar surface area (TPSA) is 112 Å². The summed E-state index contributed by atoms with van der Waals surface area (Å²) in [7, 11) is -5.46. The van der Waals surface area contributed by atoms with E-state index in [1.807, 2.05) is 0 Å². The van der Waals surface area contributed by atoms with E-state index in [0.717, 1.165) is 51.4 Å². The molecule has 0 radical (unpaired) electrons. The average Bonchev–Trinajstić information content (AvgIpc) is 2.70. The molecule has 2 N–H and O–H groups in total. The molecule has 2 aliphatic carbocycles. The molecule has 160 valence electrons. The Bertz CT molecular complexity index is 422. The van der Waals surface area contributed by atoms with Gasteiger partial charge < -0.3 is 28.3 Å². The maximum Gasteiger partial charge on any atom is 0.319 e. The maximum atomic E-state index is 12.0. The van der Waals surface area contributed by atoms with Crippen LogP contribution in [-0.4, -0.2) is 48.8 Å². The van der Waals surface area contributed by atoms with E-state index in [2.05, 4.69) is 0 Å². The molecular weight excluding hydrogens is 394 g/mol. The molecule has 2 saturated carbocycles. The smallest absolute Gasteiger partial charge is 0.319 e. The first-order valence-corrected chi connectivity index (χ1v) is 12.4. The molecule has 8 nitrogen and oxygen atoms in total. The number of aliphatic hydroxyl groups is 2. The summed E-state index contributed by atoms with van der Waals surface area (Å²) in [6, 6.07) is 0. The van der Waals surface area contributed by atoms with Gasteiger partial charge in [0.05, 0.1) is 44.1 Å². The lowest BCUT2D eigenvalue weighted by Crippen LogP contribution is -2.38. The molecule has 2 rings (SSSR count). The van der Waals surface area contributed by atoms with Crippen molar-refractivity contribution in [3.8, 4) is 0 Å². The molecule has 2 fully saturated rings. The molecule has 0 bridgehead atoms. The van der Waals surface area contributed by atoms with Crippen molar-refractivity contribution in [3.63, 3.8) is 0 Å². The Hall–Kier alpha value is 0.220. The van der Waals surface area contributed by atoms with Gasteiger partial charge in [-0.05, 0) is 25.7 Å². The van der Waals surface area contributed by atoms with Crippen molar-refractivity contribution >= 4 is 16.5 Å². The van der Waals surface area contributed by atoms with Gasteiger partial charge in [0.2, 0.25) is 0 Å². The van der Waals surface area contributed by atoms with E-state index in [1.165, 1.54) is 12.8 Å². The first-order chi connectivity index (χ1) is 13.1. The van der Waals surface area contributed by atoms with E-state index in [0.29, 0.717) is 0 Å². The quantitative estimate of drug-likeness (QED) is 0.455. The third-order valence-electron chi connectivity index (χ3n) is 5.29. The molecule has 2 unspecified atom stereocenters. The Morgan fingerprint density at radius 2 is 1.07 bits per heavy atom. The third kappa shape index (κ3) is 8.63. The molecular formula is C17H34O8P2. The molecule has 27 heavy (non-hydrogen) atoms. The van der Waals surface area contributed by atoms with Crippen molar-refractivity contribution in [1.82, 2.24) is 0 Å². The first-order valence-electron chi connectivity index (χ1n) is 9.95. The zero-order chi connectivity index (χ0) is 19.5. The van der Waals surface area contributed by atoms with Crippen molar-refractivity contribution in [2.45, 2.75) is 76.4 Å². The van der Waals surface area contributed by atoms with Gasteiger partial charge in [-0.2, -0.15) is 0 Å². The Morgan fingerprint density at radius 3 is 1.41 bits per heavy atom. The van der Waals surface area contributed by atoms with Crippen molar-refractivity contribution in [3.05, 3.63) is 0 Å². The Morgan fingerprint density at radius 1 is 0.704 bits per heavy atom. The minimum Gasteiger partial charge on any atom is -0.396 e. The van der Waals surface area contributed by atoms with Crippen LogP contribution in [0.1, 0.15) is 64.2 Å². The predicted octanol–water partition coefficient (Wildman–Crippen LogP) is 3.47. The van der Waals surface area contributed by atoms with E-state index in [-0.39, 0.29) is 25.4 Å². The van der Waals surface area contributed by atoms with Gasteiger partial charge >= 0.3 is 16.5 Å². The standard InChI is InChI=1S/C17H34O8P2/c18-11-17(12-19,13-22-26(20)24-15-7-3-1-4-8-15)14-23-27(21)25-16-9-5-2-6-10-16/h15-16,18-19,26-27H,1-14H2. The van der Waals surface area contributed by atoms with Crippen molar-refractivity contribution < 1.29 is 37.4 Å². The lowest BCUT2D eigenvalue weighted by Gasteiger charge is -2.29. The van der Waals surface area contributed by atoms with Gasteiger partial charge in [0, 0.05) is 0 Å². The van der Waals surface area contributed by atoms with Crippen LogP contribution in [0.3, 0.4) is 0 Å². The second kappa shape index (κ2) is 12.7. The summed E-state index contributed by atoms with van der Waals surface area (Å²) in [6.07, 6.45) is 9.92. The third-order valence-corrected chi connectivity index (χ3v) is 7.11. The molecule has 0 aliphatic heterocycles. The van der Waals surface area contributed by atoms with Crippen LogP contribution in [0.25, 0.3) is 0 Å². The van der Waals surface area contributed by atoms with E-state index in [1.54, 1.807) is 0 Å². The van der Waals surface area contributed by atoms with Gasteiger partial charge in [-0.25, -0.2) is 0 Å². The van der Waals surface area contributed by atoms with E-state index in [9.17, 15) is 19.3 Å². The molecule has 0 aromatic rings. The fourth-order valence-corrected chi connectivity index (χ4v) is 5.40. The Balaban J connectivity index is 1.73. The molecule has 0 heterocycles. The second-order valence-electron chi connectivity index (χ2n) is 7.65. The second-order valence-corrected chi connectivity index (χ2v) is 9.70. The normalized spacial score (nSPS) is 22.6. The van der Waals surface area contributed by atoms with Gasteiger partial charge in [-0.15, -0.1) is 0 Å². The SMILES string of the molecule is O=[PH](OCC(CO)(CO)CO[PH](=O)OC1CCCCC1)OC1CCCCC1. The highest BCUT2D eigenvalue weighted by molar-refractivity contribution is 7.33. The van der Waals surface area contributed by atoms with E-state index in [4.69, 9.17) is 18.1 Å². The molecule has 0 aromatic carbocycles. The van der Waals surface area contributed by atoms with Crippen LogP contribution in [0.2, 0.25) is 0 Å². The van der Waals surface area contributed by atoms with Crippen molar-refractivity contribution in [1.29, 1.82) is 0 Å². The highest BCUT2D eigenvalue weighted by Crippen LogP contribution is 2.37. The molecule has 2 atom stereocenters. The largest absolute Gasteiger partial charge is 0.396 e. The van der Waals surface area contributed by atoms with Crippen LogP contribution < -0.4 is 0 Å². The van der Waals surface area contributed by atoms with Gasteiger partial charge in [-0.3, -0.25) is 9.13 Å². The van der Waals surface area contributed by atoms with Crippen LogP contribution in [0.15, 0.2) is 0 Å². The van der Waals surface area contributed by atoms with Crippen LogP contribution in [0.5, 0.6) is 0 Å². The summed E-state index contributed by atoms with van der Waals surface area (Å²) < 4.78 is 45.5. The van der Waals surface area contributed by atoms with Crippen molar-refractivity contribution in [2.24, 2.45) is 5.41 Å². The fourth-order valence-electron chi connectivity index (χ4n) is 3.40. The highest BCUT2D eigenvalue weighted by atomic mass is 31.1. The molecule has 0 amide bonds. The monoisotopic (exact) mass is 428 g/mol. The van der Waals surface area contributed by atoms with Crippen LogP contribution in [0.4, 0.5) is 0 Å². The lowest BCUT2D eigenvalue weighted by molar-refractivity contribution is -0.0253. The number of hydrogen-bond donors (Lipinski definition) is 2. The molecule has 0 saturated heterocycles. The van der Waals surface area contributed by atoms with Gasteiger partial charge in [0.15, 0.2) is 0 Å². The Kier molecular flexibility index (Phi) is 11.1. The zero-order valence-corrected chi connectivity index (χ0v) is 17.9. The summed E-state index contributed by atoms with van der Waals surface area (Å²) in [5, 5.41) is 19.3. The van der Waals surface area contributed by atoms with Gasteiger partial charge in [-0.1, -0.05) is 38.5 Å². The summed E-state index contributed by atoms with van der Waals surface area (Å²) in [4.78, 5) is 0. The molecule has 0 spiro atoms. The van der Waals surface area contributed by atoms with Gasteiger partial charge in [0.25, 0.3) is 0 Å². The maximum absolute atomic E-state index is 12.0. The first kappa shape index (κ1) is 23.5. The summed E-state index contributed by atoms with van der Waals surface area (Å²) in [5.74, 6) is 0. The molecule has 0 aromatic heterocycles. The minimum absolute atomic E-state index is 0.0561. The van der Waals surface area contributed by atoms with Crippen LogP contribution in [0, 0.1) is 5.41 Å². The van der Waals surface area contributed by atoms with Gasteiger partial charge in [0.1, 0.15) is 0 Å². The highest BCUT2D eigenvalue weighted by Gasteiger charge is 2.32. The van der Waals surface area contributed by atoms with Crippen LogP contribution in [-0.2, 0) is 27.2 Å². The molecule has 10 heteroatoms. The number of aliphatic hydroxyl groups excluding tert-OH is 2. The summed E-state index contributed by atoms with van der Waals surface area (Å²) in [6.45, 7) is -1.33. The zero-order valence-electron chi connectivity index (χ0n) is 15.9.